The molecule has 1 aliphatic heterocycles. The summed E-state index contributed by atoms with van der Waals surface area (Å²) < 4.78 is 22.8. The highest BCUT2D eigenvalue weighted by atomic mass is 35.5. The normalized spacial score (nSPS) is 19.3. The smallest absolute Gasteiger partial charge is 0.319 e. The Morgan fingerprint density at radius 1 is 1.21 bits per heavy atom. The summed E-state index contributed by atoms with van der Waals surface area (Å²) in [6.45, 7) is 1.29. The molecular weight excluding hydrogens is 424 g/mol. The number of amides is 3. The summed E-state index contributed by atoms with van der Waals surface area (Å²) in [5.74, 6) is -0.583. The largest absolute Gasteiger partial charge is 0.325 e. The molecule has 0 spiro atoms. The first-order valence-corrected chi connectivity index (χ1v) is 10.1. The molecule has 29 heavy (non-hydrogen) atoms. The summed E-state index contributed by atoms with van der Waals surface area (Å²) in [5.41, 5.74) is -0.924. The van der Waals surface area contributed by atoms with Crippen molar-refractivity contribution in [2.45, 2.75) is 23.9 Å². The fraction of sp³-hybridized carbons (Fsp3) is 0.176. The molecule has 0 radical (unpaired) electrons. The molecule has 0 bridgehead atoms. The maximum absolute atomic E-state index is 13.0. The molecular formula is C17H15ClN4O6S. The van der Waals surface area contributed by atoms with Crippen LogP contribution in [0.15, 0.2) is 47.4 Å². The Bertz CT molecular complexity index is 1140. The van der Waals surface area contributed by atoms with E-state index in [2.05, 4.69) is 5.32 Å². The van der Waals surface area contributed by atoms with Crippen molar-refractivity contribution in [3.8, 4) is 0 Å². The molecule has 3 rings (SSSR count). The van der Waals surface area contributed by atoms with Crippen molar-refractivity contribution in [3.63, 3.8) is 0 Å². The van der Waals surface area contributed by atoms with Gasteiger partial charge < -0.3 is 5.32 Å². The van der Waals surface area contributed by atoms with Crippen LogP contribution in [0.4, 0.5) is 10.5 Å². The molecule has 1 fully saturated rings. The van der Waals surface area contributed by atoms with E-state index in [0.29, 0.717) is 11.1 Å². The second-order valence-corrected chi connectivity index (χ2v) is 8.52. The molecule has 0 saturated carbocycles. The Kier molecular flexibility index (Phi) is 5.07. The van der Waals surface area contributed by atoms with Crippen LogP contribution < -0.4 is 10.5 Å². The molecule has 0 unspecified atom stereocenters. The van der Waals surface area contributed by atoms with E-state index in [1.165, 1.54) is 43.3 Å². The fourth-order valence-electron chi connectivity index (χ4n) is 2.96. The highest BCUT2D eigenvalue weighted by Gasteiger charge is 2.49. The standard InChI is InChI=1S/C17H15ClN4O6S/c1-17(11-3-6-13(7-4-11)29(19,27)28)15(23)21(16(24)20-17)9-10-2-5-12(22(25)26)8-14(10)18/h2-8H,9H2,1H3,(H,20,24)(H2,19,27,28)/t17-/m0/s1. The van der Waals surface area contributed by atoms with Gasteiger partial charge in [-0.25, -0.2) is 18.4 Å². The number of rotatable bonds is 5. The zero-order chi connectivity index (χ0) is 21.6. The molecule has 0 aliphatic carbocycles. The predicted molar refractivity (Wildman–Crippen MR) is 102 cm³/mol. The Hall–Kier alpha value is -3.02. The summed E-state index contributed by atoms with van der Waals surface area (Å²) in [6, 6.07) is 8.32. The maximum Gasteiger partial charge on any atom is 0.325 e. The van der Waals surface area contributed by atoms with Crippen LogP contribution in [0.2, 0.25) is 5.02 Å². The van der Waals surface area contributed by atoms with Crippen molar-refractivity contribution in [3.05, 3.63) is 68.7 Å². The third-order valence-electron chi connectivity index (χ3n) is 4.61. The van der Waals surface area contributed by atoms with E-state index in [4.69, 9.17) is 16.7 Å². The summed E-state index contributed by atoms with van der Waals surface area (Å²) in [6.07, 6.45) is 0. The lowest BCUT2D eigenvalue weighted by Gasteiger charge is -2.22. The van der Waals surface area contributed by atoms with Crippen LogP contribution in [0.25, 0.3) is 0 Å². The lowest BCUT2D eigenvalue weighted by atomic mass is 9.92. The number of carbonyl (C=O) groups excluding carboxylic acids is 2. The highest BCUT2D eigenvalue weighted by Crippen LogP contribution is 2.32. The van der Waals surface area contributed by atoms with Gasteiger partial charge in [0.15, 0.2) is 0 Å². The third-order valence-corrected chi connectivity index (χ3v) is 5.89. The molecule has 1 aliphatic rings. The second kappa shape index (κ2) is 7.10. The fourth-order valence-corrected chi connectivity index (χ4v) is 3.71. The Morgan fingerprint density at radius 2 is 1.83 bits per heavy atom. The number of imide groups is 1. The summed E-state index contributed by atoms with van der Waals surface area (Å²) in [5, 5.41) is 18.5. The minimum absolute atomic E-state index is 0.0471. The molecule has 10 nitrogen and oxygen atoms in total. The number of carbonyl (C=O) groups is 2. The van der Waals surface area contributed by atoms with Crippen LogP contribution >= 0.6 is 11.6 Å². The number of sulfonamides is 1. The van der Waals surface area contributed by atoms with Crippen molar-refractivity contribution < 1.29 is 22.9 Å². The van der Waals surface area contributed by atoms with E-state index in [-0.39, 0.29) is 22.2 Å². The highest BCUT2D eigenvalue weighted by molar-refractivity contribution is 7.89. The molecule has 1 saturated heterocycles. The number of hydrogen-bond acceptors (Lipinski definition) is 6. The Balaban J connectivity index is 1.88. The third kappa shape index (κ3) is 3.79. The van der Waals surface area contributed by atoms with E-state index < -0.39 is 32.4 Å². The number of primary sulfonamides is 1. The van der Waals surface area contributed by atoms with E-state index in [1.54, 1.807) is 0 Å². The number of hydrogen-bond donors (Lipinski definition) is 2. The number of nitro groups is 1. The van der Waals surface area contributed by atoms with Gasteiger partial charge in [0, 0.05) is 12.1 Å². The zero-order valence-corrected chi connectivity index (χ0v) is 16.5. The van der Waals surface area contributed by atoms with E-state index >= 15 is 0 Å². The monoisotopic (exact) mass is 438 g/mol. The predicted octanol–water partition coefficient (Wildman–Crippen LogP) is 1.86. The van der Waals surface area contributed by atoms with Crippen LogP contribution in [0.5, 0.6) is 0 Å². The van der Waals surface area contributed by atoms with E-state index in [1.807, 2.05) is 0 Å². The van der Waals surface area contributed by atoms with Crippen LogP contribution in [-0.4, -0.2) is 30.2 Å². The van der Waals surface area contributed by atoms with Gasteiger partial charge in [0.25, 0.3) is 11.6 Å². The number of non-ortho nitro benzene ring substituents is 1. The second-order valence-electron chi connectivity index (χ2n) is 6.55. The van der Waals surface area contributed by atoms with Crippen molar-refractivity contribution >= 4 is 39.2 Å². The number of nitrogens with two attached hydrogens (primary N) is 1. The first-order chi connectivity index (χ1) is 13.4. The molecule has 3 N–H and O–H groups in total. The average molecular weight is 439 g/mol. The van der Waals surface area contributed by atoms with Crippen molar-refractivity contribution in [1.82, 2.24) is 10.2 Å². The van der Waals surface area contributed by atoms with E-state index in [9.17, 15) is 28.1 Å². The zero-order valence-electron chi connectivity index (χ0n) is 15.0. The molecule has 1 heterocycles. The lowest BCUT2D eigenvalue weighted by molar-refractivity contribution is -0.384. The molecule has 0 aromatic heterocycles. The van der Waals surface area contributed by atoms with Gasteiger partial charge in [-0.05, 0) is 36.2 Å². The molecule has 1 atom stereocenters. The number of nitrogens with one attached hydrogen (secondary N) is 1. The SMILES string of the molecule is C[C@@]1(c2ccc(S(N)(=O)=O)cc2)NC(=O)N(Cc2ccc([N+](=O)[O-])cc2Cl)C1=O. The number of urea groups is 1. The summed E-state index contributed by atoms with van der Waals surface area (Å²) in [7, 11) is -3.90. The molecule has 2 aromatic rings. The Morgan fingerprint density at radius 3 is 2.34 bits per heavy atom. The van der Waals surface area contributed by atoms with Gasteiger partial charge in [-0.2, -0.15) is 0 Å². The molecule has 3 amide bonds. The Labute approximate surface area is 170 Å². The number of benzene rings is 2. The minimum atomic E-state index is -3.90. The van der Waals surface area contributed by atoms with Crippen molar-refractivity contribution in [2.24, 2.45) is 5.14 Å². The van der Waals surface area contributed by atoms with Crippen LogP contribution in [-0.2, 0) is 26.9 Å². The van der Waals surface area contributed by atoms with Gasteiger partial charge in [-0.3, -0.25) is 19.8 Å². The maximum atomic E-state index is 13.0. The van der Waals surface area contributed by atoms with Crippen molar-refractivity contribution in [2.75, 3.05) is 0 Å². The number of halogens is 1. The lowest BCUT2D eigenvalue weighted by Crippen LogP contribution is -2.40. The number of nitrogens with zero attached hydrogens (tertiary/aromatic N) is 2. The summed E-state index contributed by atoms with van der Waals surface area (Å²) in [4.78, 5) is 36.4. The van der Waals surface area contributed by atoms with Gasteiger partial charge in [-0.15, -0.1) is 0 Å². The first kappa shape index (κ1) is 20.7. The van der Waals surface area contributed by atoms with Gasteiger partial charge in [0.1, 0.15) is 5.54 Å². The van der Waals surface area contributed by atoms with Gasteiger partial charge >= 0.3 is 6.03 Å². The van der Waals surface area contributed by atoms with Gasteiger partial charge in [-0.1, -0.05) is 23.7 Å². The van der Waals surface area contributed by atoms with Gasteiger partial charge in [0.05, 0.1) is 21.4 Å². The molecule has 2 aromatic carbocycles. The van der Waals surface area contributed by atoms with Crippen LogP contribution in [0.3, 0.4) is 0 Å². The number of nitro benzene ring substituents is 1. The summed E-state index contributed by atoms with van der Waals surface area (Å²) >= 11 is 6.05. The molecule has 152 valence electrons. The first-order valence-electron chi connectivity index (χ1n) is 8.14. The molecule has 12 heteroatoms. The van der Waals surface area contributed by atoms with Crippen molar-refractivity contribution in [1.29, 1.82) is 0 Å². The van der Waals surface area contributed by atoms with Crippen LogP contribution in [0.1, 0.15) is 18.1 Å². The minimum Gasteiger partial charge on any atom is -0.319 e. The quantitative estimate of drug-likeness (QED) is 0.412. The topological polar surface area (TPSA) is 153 Å². The van der Waals surface area contributed by atoms with Gasteiger partial charge in [0.2, 0.25) is 10.0 Å². The van der Waals surface area contributed by atoms with Crippen LogP contribution in [0, 0.1) is 10.1 Å². The van der Waals surface area contributed by atoms with E-state index in [0.717, 1.165) is 11.0 Å². The average Bonchev–Trinajstić information content (AvgIpc) is 2.86.